The fourth-order valence-corrected chi connectivity index (χ4v) is 1.41. The zero-order valence-electron chi connectivity index (χ0n) is 9.22. The standard InChI is InChI=1S/C9H20O3Si/c1-6-8(7-2)11-9(10)12-13(3,4)5/h8H,6-7H2,1-5H3. The number of hydrogen-bond acceptors (Lipinski definition) is 3. The molecule has 0 saturated carbocycles. The van der Waals surface area contributed by atoms with E-state index >= 15 is 0 Å². The molecule has 0 rings (SSSR count). The molecule has 4 heteroatoms. The second kappa shape index (κ2) is 5.27. The van der Waals surface area contributed by atoms with Gasteiger partial charge in [-0.1, -0.05) is 13.8 Å². The Morgan fingerprint density at radius 3 is 2.00 bits per heavy atom. The summed E-state index contributed by atoms with van der Waals surface area (Å²) in [6.07, 6.45) is 1.19. The average Bonchev–Trinajstić information content (AvgIpc) is 1.96. The Labute approximate surface area is 81.6 Å². The van der Waals surface area contributed by atoms with E-state index in [2.05, 4.69) is 0 Å². The van der Waals surface area contributed by atoms with Gasteiger partial charge in [0.1, 0.15) is 6.10 Å². The van der Waals surface area contributed by atoms with E-state index in [0.29, 0.717) is 0 Å². The van der Waals surface area contributed by atoms with E-state index < -0.39 is 14.5 Å². The zero-order valence-corrected chi connectivity index (χ0v) is 10.2. The van der Waals surface area contributed by atoms with Crippen LogP contribution in [0.4, 0.5) is 4.79 Å². The van der Waals surface area contributed by atoms with Crippen molar-refractivity contribution in [2.45, 2.75) is 52.4 Å². The zero-order chi connectivity index (χ0) is 10.5. The van der Waals surface area contributed by atoms with E-state index in [9.17, 15) is 4.79 Å². The SMILES string of the molecule is CCC(CC)OC(=O)O[Si](C)(C)C. The maximum Gasteiger partial charge on any atom is 0.494 e. The van der Waals surface area contributed by atoms with Crippen LogP contribution in [0.1, 0.15) is 26.7 Å². The first-order chi connectivity index (χ1) is 5.89. The highest BCUT2D eigenvalue weighted by atomic mass is 28.4. The van der Waals surface area contributed by atoms with Crippen LogP contribution in [-0.2, 0) is 9.16 Å². The Kier molecular flexibility index (Phi) is 5.06. The van der Waals surface area contributed by atoms with Gasteiger partial charge in [-0.3, -0.25) is 0 Å². The predicted molar refractivity (Wildman–Crippen MR) is 55.3 cm³/mol. The van der Waals surface area contributed by atoms with Crippen LogP contribution >= 0.6 is 0 Å². The van der Waals surface area contributed by atoms with Gasteiger partial charge >= 0.3 is 6.16 Å². The molecule has 3 nitrogen and oxygen atoms in total. The first kappa shape index (κ1) is 12.5. The second-order valence-electron chi connectivity index (χ2n) is 4.02. The smallest absolute Gasteiger partial charge is 0.490 e. The first-order valence-electron chi connectivity index (χ1n) is 4.78. The highest BCUT2D eigenvalue weighted by molar-refractivity contribution is 6.71. The van der Waals surface area contributed by atoms with Crippen LogP contribution in [0, 0.1) is 0 Å². The van der Waals surface area contributed by atoms with Crippen molar-refractivity contribution in [1.82, 2.24) is 0 Å². The van der Waals surface area contributed by atoms with E-state index in [1.165, 1.54) is 0 Å². The molecule has 13 heavy (non-hydrogen) atoms. The second-order valence-corrected chi connectivity index (χ2v) is 8.45. The Balaban J connectivity index is 3.86. The van der Waals surface area contributed by atoms with E-state index in [4.69, 9.17) is 9.16 Å². The van der Waals surface area contributed by atoms with Gasteiger partial charge < -0.3 is 9.16 Å². The predicted octanol–water partition coefficient (Wildman–Crippen LogP) is 3.16. The van der Waals surface area contributed by atoms with Crippen molar-refractivity contribution in [3.8, 4) is 0 Å². The molecule has 0 aliphatic carbocycles. The molecule has 0 spiro atoms. The summed E-state index contributed by atoms with van der Waals surface area (Å²) >= 11 is 0. The minimum Gasteiger partial charge on any atom is -0.490 e. The molecule has 78 valence electrons. The fraction of sp³-hybridized carbons (Fsp3) is 0.889. The van der Waals surface area contributed by atoms with E-state index in [1.807, 2.05) is 33.5 Å². The van der Waals surface area contributed by atoms with E-state index in [0.717, 1.165) is 12.8 Å². The average molecular weight is 204 g/mol. The largest absolute Gasteiger partial charge is 0.494 e. The van der Waals surface area contributed by atoms with E-state index in [-0.39, 0.29) is 6.10 Å². The van der Waals surface area contributed by atoms with Crippen molar-refractivity contribution < 1.29 is 14.0 Å². The Morgan fingerprint density at radius 1 is 1.23 bits per heavy atom. The van der Waals surface area contributed by atoms with Gasteiger partial charge in [0.15, 0.2) is 0 Å². The van der Waals surface area contributed by atoms with Crippen molar-refractivity contribution in [1.29, 1.82) is 0 Å². The molecule has 0 fully saturated rings. The number of rotatable bonds is 4. The third kappa shape index (κ3) is 6.63. The fourth-order valence-electron chi connectivity index (χ4n) is 0.865. The van der Waals surface area contributed by atoms with Gasteiger partial charge in [0.25, 0.3) is 8.32 Å². The number of carbonyl (C=O) groups excluding carboxylic acids is 1. The highest BCUT2D eigenvalue weighted by Crippen LogP contribution is 2.09. The molecule has 0 bridgehead atoms. The topological polar surface area (TPSA) is 35.5 Å². The summed E-state index contributed by atoms with van der Waals surface area (Å²) in [7, 11) is -1.79. The molecule has 0 atom stereocenters. The van der Waals surface area contributed by atoms with Crippen LogP contribution in [0.5, 0.6) is 0 Å². The van der Waals surface area contributed by atoms with Crippen molar-refractivity contribution in [3.63, 3.8) is 0 Å². The lowest BCUT2D eigenvalue weighted by Crippen LogP contribution is -2.31. The molecular formula is C9H20O3Si. The molecule has 0 unspecified atom stereocenters. The lowest BCUT2D eigenvalue weighted by molar-refractivity contribution is 0.0532. The van der Waals surface area contributed by atoms with Crippen LogP contribution in [0.15, 0.2) is 0 Å². The Bertz CT molecular complexity index is 159. The lowest BCUT2D eigenvalue weighted by Gasteiger charge is -2.20. The van der Waals surface area contributed by atoms with Gasteiger partial charge in [-0.05, 0) is 32.5 Å². The maximum absolute atomic E-state index is 11.2. The molecule has 0 aromatic rings. The van der Waals surface area contributed by atoms with Gasteiger partial charge in [-0.15, -0.1) is 0 Å². The third-order valence-electron chi connectivity index (χ3n) is 1.56. The van der Waals surface area contributed by atoms with Gasteiger partial charge in [0.05, 0.1) is 0 Å². The maximum atomic E-state index is 11.2. The minimum absolute atomic E-state index is 0.00356. The van der Waals surface area contributed by atoms with Gasteiger partial charge in [0, 0.05) is 0 Å². The highest BCUT2D eigenvalue weighted by Gasteiger charge is 2.22. The van der Waals surface area contributed by atoms with Crippen molar-refractivity contribution in [2.24, 2.45) is 0 Å². The summed E-state index contributed by atoms with van der Waals surface area (Å²) in [5.41, 5.74) is 0. The van der Waals surface area contributed by atoms with Gasteiger partial charge in [-0.2, -0.15) is 0 Å². The molecule has 0 aromatic carbocycles. The molecule has 0 aliphatic rings. The summed E-state index contributed by atoms with van der Waals surface area (Å²) < 4.78 is 10.2. The van der Waals surface area contributed by atoms with Gasteiger partial charge in [-0.25, -0.2) is 4.79 Å². The van der Waals surface area contributed by atoms with Crippen LogP contribution in [-0.4, -0.2) is 20.6 Å². The van der Waals surface area contributed by atoms with Crippen LogP contribution < -0.4 is 0 Å². The minimum atomic E-state index is -1.79. The monoisotopic (exact) mass is 204 g/mol. The summed E-state index contributed by atoms with van der Waals surface area (Å²) in [4.78, 5) is 11.2. The van der Waals surface area contributed by atoms with Crippen LogP contribution in [0.3, 0.4) is 0 Å². The van der Waals surface area contributed by atoms with Crippen molar-refractivity contribution in [3.05, 3.63) is 0 Å². The third-order valence-corrected chi connectivity index (χ3v) is 2.34. The number of hydrogen-bond donors (Lipinski definition) is 0. The van der Waals surface area contributed by atoms with Crippen molar-refractivity contribution >= 4 is 14.5 Å². The quantitative estimate of drug-likeness (QED) is 0.521. The molecule has 0 amide bonds. The Morgan fingerprint density at radius 2 is 1.69 bits per heavy atom. The molecule has 0 N–H and O–H groups in total. The van der Waals surface area contributed by atoms with Crippen LogP contribution in [0.25, 0.3) is 0 Å². The Hall–Kier alpha value is -0.513. The summed E-state index contributed by atoms with van der Waals surface area (Å²) in [6, 6.07) is 0. The molecule has 0 aliphatic heterocycles. The van der Waals surface area contributed by atoms with Gasteiger partial charge in [0.2, 0.25) is 0 Å². The molecule has 0 radical (unpaired) electrons. The summed E-state index contributed by atoms with van der Waals surface area (Å²) in [6.45, 7) is 9.87. The van der Waals surface area contributed by atoms with E-state index in [1.54, 1.807) is 0 Å². The van der Waals surface area contributed by atoms with Crippen LogP contribution in [0.2, 0.25) is 19.6 Å². The molecule has 0 heterocycles. The molecular weight excluding hydrogens is 184 g/mol. The van der Waals surface area contributed by atoms with Crippen molar-refractivity contribution in [2.75, 3.05) is 0 Å². The summed E-state index contributed by atoms with van der Waals surface area (Å²) in [5.74, 6) is 0. The normalized spacial score (nSPS) is 11.5. The molecule has 0 saturated heterocycles. The molecule has 0 aromatic heterocycles. The summed E-state index contributed by atoms with van der Waals surface area (Å²) in [5, 5.41) is 0. The number of carbonyl (C=O) groups is 1. The number of ether oxygens (including phenoxy) is 1. The lowest BCUT2D eigenvalue weighted by atomic mass is 10.2. The first-order valence-corrected chi connectivity index (χ1v) is 8.19.